The molecular weight excluding hydrogens is 386 g/mol. The van der Waals surface area contributed by atoms with Crippen molar-refractivity contribution in [3.05, 3.63) is 58.6 Å². The van der Waals surface area contributed by atoms with Crippen molar-refractivity contribution in [3.8, 4) is 5.75 Å². The van der Waals surface area contributed by atoms with Crippen LogP contribution in [0.3, 0.4) is 0 Å². The summed E-state index contributed by atoms with van der Waals surface area (Å²) in [5, 5.41) is 11.1. The van der Waals surface area contributed by atoms with E-state index < -0.39 is 0 Å². The van der Waals surface area contributed by atoms with Crippen LogP contribution in [-0.4, -0.2) is 25.5 Å². The van der Waals surface area contributed by atoms with Crippen LogP contribution < -0.4 is 10.1 Å². The van der Waals surface area contributed by atoms with Gasteiger partial charge in [-0.3, -0.25) is 9.48 Å². The SMILES string of the molecule is CCc1ccc(OCn2cc(NC(=O)c3nn(C)cc3Br)cn2)cc1. The summed E-state index contributed by atoms with van der Waals surface area (Å²) in [5.74, 6) is 0.471. The number of hydrogen-bond donors (Lipinski definition) is 1. The molecule has 0 unspecified atom stereocenters. The smallest absolute Gasteiger partial charge is 0.277 e. The number of anilines is 1. The summed E-state index contributed by atoms with van der Waals surface area (Å²) in [6.45, 7) is 2.37. The molecule has 0 aliphatic heterocycles. The molecule has 3 rings (SSSR count). The quantitative estimate of drug-likeness (QED) is 0.685. The van der Waals surface area contributed by atoms with Gasteiger partial charge in [-0.05, 0) is 40.0 Å². The molecule has 2 aromatic heterocycles. The standard InChI is InChI=1S/C17H18BrN5O2/c1-3-12-4-6-14(7-5-12)25-11-23-9-13(8-19-23)20-17(24)16-15(18)10-22(2)21-16/h4-10H,3,11H2,1-2H3,(H,20,24). The van der Waals surface area contributed by atoms with Crippen LogP contribution in [0.5, 0.6) is 5.75 Å². The number of halogens is 1. The first-order valence-corrected chi connectivity index (χ1v) is 8.59. The average Bonchev–Trinajstić information content (AvgIpc) is 3.19. The second-order valence-electron chi connectivity index (χ2n) is 5.49. The molecule has 7 nitrogen and oxygen atoms in total. The number of aromatic nitrogens is 4. The molecule has 0 atom stereocenters. The molecule has 8 heteroatoms. The number of nitrogens with one attached hydrogen (secondary N) is 1. The lowest BCUT2D eigenvalue weighted by molar-refractivity contribution is 0.102. The maximum Gasteiger partial charge on any atom is 0.277 e. The van der Waals surface area contributed by atoms with Gasteiger partial charge in [0, 0.05) is 13.2 Å². The summed E-state index contributed by atoms with van der Waals surface area (Å²) in [4.78, 5) is 12.2. The summed E-state index contributed by atoms with van der Waals surface area (Å²) >= 11 is 3.31. The zero-order chi connectivity index (χ0) is 17.8. The Labute approximate surface area is 153 Å². The van der Waals surface area contributed by atoms with Crippen LogP contribution in [-0.2, 0) is 20.2 Å². The van der Waals surface area contributed by atoms with E-state index in [1.807, 2.05) is 24.3 Å². The topological polar surface area (TPSA) is 74.0 Å². The molecule has 0 spiro atoms. The average molecular weight is 404 g/mol. The van der Waals surface area contributed by atoms with Crippen molar-refractivity contribution in [1.82, 2.24) is 19.6 Å². The third-order valence-electron chi connectivity index (χ3n) is 3.59. The molecule has 1 amide bonds. The summed E-state index contributed by atoms with van der Waals surface area (Å²) in [6, 6.07) is 7.94. The van der Waals surface area contributed by atoms with Gasteiger partial charge in [-0.15, -0.1) is 0 Å². The molecule has 0 aliphatic rings. The summed E-state index contributed by atoms with van der Waals surface area (Å²) in [6.07, 6.45) is 5.98. The Balaban J connectivity index is 1.58. The second-order valence-corrected chi connectivity index (χ2v) is 6.35. The fourth-order valence-corrected chi connectivity index (χ4v) is 2.82. The fourth-order valence-electron chi connectivity index (χ4n) is 2.26. The van der Waals surface area contributed by atoms with Gasteiger partial charge in [-0.2, -0.15) is 10.2 Å². The van der Waals surface area contributed by atoms with Crippen LogP contribution in [0, 0.1) is 0 Å². The maximum absolute atomic E-state index is 12.2. The molecule has 1 N–H and O–H groups in total. The van der Waals surface area contributed by atoms with Crippen LogP contribution in [0.15, 0.2) is 47.3 Å². The fraction of sp³-hybridized carbons (Fsp3) is 0.235. The van der Waals surface area contributed by atoms with Gasteiger partial charge in [0.25, 0.3) is 5.91 Å². The molecule has 0 saturated heterocycles. The van der Waals surface area contributed by atoms with Crippen LogP contribution in [0.2, 0.25) is 0 Å². The first kappa shape index (κ1) is 17.2. The van der Waals surface area contributed by atoms with Crippen molar-refractivity contribution >= 4 is 27.5 Å². The van der Waals surface area contributed by atoms with Gasteiger partial charge in [-0.1, -0.05) is 19.1 Å². The number of ether oxygens (including phenoxy) is 1. The van der Waals surface area contributed by atoms with E-state index in [0.29, 0.717) is 15.9 Å². The zero-order valence-corrected chi connectivity index (χ0v) is 15.5. The van der Waals surface area contributed by atoms with E-state index in [2.05, 4.69) is 38.4 Å². The van der Waals surface area contributed by atoms with Crippen molar-refractivity contribution in [2.75, 3.05) is 5.32 Å². The Hall–Kier alpha value is -2.61. The molecule has 2 heterocycles. The normalized spacial score (nSPS) is 10.7. The highest BCUT2D eigenvalue weighted by Gasteiger charge is 2.15. The first-order chi connectivity index (χ1) is 12.0. The molecule has 0 aliphatic carbocycles. The van der Waals surface area contributed by atoms with E-state index in [1.165, 1.54) is 5.56 Å². The highest BCUT2D eigenvalue weighted by atomic mass is 79.9. The Morgan fingerprint density at radius 1 is 1.28 bits per heavy atom. The molecule has 0 fully saturated rings. The van der Waals surface area contributed by atoms with Crippen LogP contribution >= 0.6 is 15.9 Å². The molecule has 25 heavy (non-hydrogen) atoms. The number of carbonyl (C=O) groups excluding carboxylic acids is 1. The van der Waals surface area contributed by atoms with Gasteiger partial charge < -0.3 is 10.1 Å². The predicted octanol–water partition coefficient (Wildman–Crippen LogP) is 3.23. The lowest BCUT2D eigenvalue weighted by atomic mass is 10.2. The van der Waals surface area contributed by atoms with E-state index in [9.17, 15) is 4.79 Å². The van der Waals surface area contributed by atoms with Gasteiger partial charge in [0.05, 0.1) is 22.6 Å². The molecule has 3 aromatic rings. The lowest BCUT2D eigenvalue weighted by Crippen LogP contribution is -2.13. The third kappa shape index (κ3) is 4.27. The highest BCUT2D eigenvalue weighted by molar-refractivity contribution is 9.10. The van der Waals surface area contributed by atoms with Crippen molar-refractivity contribution in [3.63, 3.8) is 0 Å². The van der Waals surface area contributed by atoms with Crippen molar-refractivity contribution in [2.45, 2.75) is 20.1 Å². The molecule has 0 radical (unpaired) electrons. The molecule has 0 saturated carbocycles. The van der Waals surface area contributed by atoms with Gasteiger partial charge in [0.1, 0.15) is 5.75 Å². The van der Waals surface area contributed by atoms with E-state index in [-0.39, 0.29) is 12.6 Å². The van der Waals surface area contributed by atoms with E-state index in [1.54, 1.807) is 35.0 Å². The van der Waals surface area contributed by atoms with E-state index in [4.69, 9.17) is 4.74 Å². The number of rotatable bonds is 6. The van der Waals surface area contributed by atoms with Crippen LogP contribution in [0.4, 0.5) is 5.69 Å². The number of hydrogen-bond acceptors (Lipinski definition) is 4. The van der Waals surface area contributed by atoms with Gasteiger partial charge in [-0.25, -0.2) is 4.68 Å². The maximum atomic E-state index is 12.2. The Kier molecular flexibility index (Phi) is 5.18. The summed E-state index contributed by atoms with van der Waals surface area (Å²) in [5.41, 5.74) is 2.16. The van der Waals surface area contributed by atoms with Gasteiger partial charge >= 0.3 is 0 Å². The van der Waals surface area contributed by atoms with Crippen molar-refractivity contribution in [1.29, 1.82) is 0 Å². The van der Waals surface area contributed by atoms with Crippen LogP contribution in [0.1, 0.15) is 23.0 Å². The molecule has 1 aromatic carbocycles. The van der Waals surface area contributed by atoms with E-state index in [0.717, 1.165) is 12.2 Å². The second kappa shape index (κ2) is 7.52. The number of benzene rings is 1. The predicted molar refractivity (Wildman–Crippen MR) is 97.5 cm³/mol. The monoisotopic (exact) mass is 403 g/mol. The summed E-state index contributed by atoms with van der Waals surface area (Å²) < 4.78 is 9.50. The summed E-state index contributed by atoms with van der Waals surface area (Å²) in [7, 11) is 1.75. The molecule has 130 valence electrons. The van der Waals surface area contributed by atoms with Gasteiger partial charge in [0.2, 0.25) is 0 Å². The van der Waals surface area contributed by atoms with Crippen molar-refractivity contribution < 1.29 is 9.53 Å². The molecular formula is C17H18BrN5O2. The Bertz CT molecular complexity index is 870. The Morgan fingerprint density at radius 3 is 2.68 bits per heavy atom. The third-order valence-corrected chi connectivity index (χ3v) is 4.17. The largest absolute Gasteiger partial charge is 0.471 e. The highest BCUT2D eigenvalue weighted by Crippen LogP contribution is 2.17. The van der Waals surface area contributed by atoms with E-state index >= 15 is 0 Å². The Morgan fingerprint density at radius 2 is 2.04 bits per heavy atom. The first-order valence-electron chi connectivity index (χ1n) is 7.80. The lowest BCUT2D eigenvalue weighted by Gasteiger charge is -2.06. The number of carbonyl (C=O) groups is 1. The number of amides is 1. The van der Waals surface area contributed by atoms with Crippen LogP contribution in [0.25, 0.3) is 0 Å². The van der Waals surface area contributed by atoms with Crippen molar-refractivity contribution in [2.24, 2.45) is 7.05 Å². The minimum Gasteiger partial charge on any atom is -0.471 e. The number of nitrogens with zero attached hydrogens (tertiary/aromatic N) is 4. The minimum absolute atomic E-state index is 0.259. The minimum atomic E-state index is -0.303. The zero-order valence-electron chi connectivity index (χ0n) is 13.9. The van der Waals surface area contributed by atoms with Gasteiger partial charge in [0.15, 0.2) is 12.4 Å². The number of aryl methyl sites for hydroxylation is 2. The molecule has 0 bridgehead atoms.